The van der Waals surface area contributed by atoms with Crippen molar-refractivity contribution in [3.8, 4) is 0 Å². The van der Waals surface area contributed by atoms with Gasteiger partial charge < -0.3 is 15.4 Å². The number of hydrogen-bond donors (Lipinski definition) is 1. The van der Waals surface area contributed by atoms with E-state index in [1.165, 1.54) is 10.7 Å². The lowest BCUT2D eigenvalue weighted by Gasteiger charge is -2.12. The number of hydrogen-bond acceptors (Lipinski definition) is 5. The van der Waals surface area contributed by atoms with Gasteiger partial charge in [0.05, 0.1) is 35.0 Å². The van der Waals surface area contributed by atoms with Gasteiger partial charge in [-0.3, -0.25) is 9.48 Å². The fourth-order valence-electron chi connectivity index (χ4n) is 2.63. The molecule has 0 aliphatic heterocycles. The zero-order valence-electron chi connectivity index (χ0n) is 15.0. The van der Waals surface area contributed by atoms with Gasteiger partial charge in [0.1, 0.15) is 0 Å². The summed E-state index contributed by atoms with van der Waals surface area (Å²) in [5.41, 5.74) is 2.75. The zero-order chi connectivity index (χ0) is 18.6. The molecular weight excluding hydrogens is 324 g/mol. The first kappa shape index (κ1) is 18.6. The van der Waals surface area contributed by atoms with Crippen LogP contribution in [0.4, 0.5) is 5.82 Å². The highest BCUT2D eigenvalue weighted by Crippen LogP contribution is 2.13. The molecule has 9 nitrogen and oxygen atoms in total. The van der Waals surface area contributed by atoms with Crippen molar-refractivity contribution >= 4 is 11.7 Å². The number of aryl methyl sites for hydroxylation is 4. The van der Waals surface area contributed by atoms with Gasteiger partial charge in [-0.25, -0.2) is 0 Å². The first-order chi connectivity index (χ1) is 11.8. The fraction of sp³-hybridized carbons (Fsp3) is 0.562. The van der Waals surface area contributed by atoms with Crippen LogP contribution in [-0.4, -0.2) is 36.9 Å². The van der Waals surface area contributed by atoms with Crippen molar-refractivity contribution in [1.29, 1.82) is 0 Å². The number of rotatable bonds is 8. The lowest BCUT2D eigenvalue weighted by molar-refractivity contribution is -0.389. The minimum atomic E-state index is -0.534. The number of nitrogens with one attached hydrogen (secondary N) is 1. The topological polar surface area (TPSA) is 108 Å². The minimum Gasteiger partial charge on any atom is -0.358 e. The first-order valence-corrected chi connectivity index (χ1v) is 8.25. The normalized spacial score (nSPS) is 12.2. The monoisotopic (exact) mass is 348 g/mol. The van der Waals surface area contributed by atoms with Crippen molar-refractivity contribution in [1.82, 2.24) is 24.9 Å². The summed E-state index contributed by atoms with van der Waals surface area (Å²) >= 11 is 0. The van der Waals surface area contributed by atoms with Gasteiger partial charge in [0.15, 0.2) is 0 Å². The summed E-state index contributed by atoms with van der Waals surface area (Å²) in [5.74, 6) is -0.618. The Kier molecular flexibility index (Phi) is 5.89. The standard InChI is InChI=1S/C16H24N6O3/c1-11(10-21-14(4)9-15(19-21)22(24)25)16(23)17-6-5-7-20-13(3)8-12(2)18-20/h8-9,11H,5-7,10H2,1-4H3,(H,17,23). The Morgan fingerprint density at radius 2 is 1.92 bits per heavy atom. The highest BCUT2D eigenvalue weighted by molar-refractivity contribution is 5.78. The van der Waals surface area contributed by atoms with Gasteiger partial charge in [-0.05, 0) is 38.2 Å². The molecule has 1 atom stereocenters. The predicted molar refractivity (Wildman–Crippen MR) is 92.1 cm³/mol. The van der Waals surface area contributed by atoms with E-state index in [1.54, 1.807) is 13.8 Å². The second kappa shape index (κ2) is 7.91. The van der Waals surface area contributed by atoms with Crippen LogP contribution in [0.1, 0.15) is 30.4 Å². The van der Waals surface area contributed by atoms with E-state index in [9.17, 15) is 14.9 Å². The summed E-state index contributed by atoms with van der Waals surface area (Å²) in [7, 11) is 0. The molecule has 1 amide bonds. The molecule has 0 aliphatic carbocycles. The highest BCUT2D eigenvalue weighted by Gasteiger charge is 2.20. The molecular formula is C16H24N6O3. The molecule has 136 valence electrons. The lowest BCUT2D eigenvalue weighted by atomic mass is 10.1. The lowest BCUT2D eigenvalue weighted by Crippen LogP contribution is -2.33. The summed E-state index contributed by atoms with van der Waals surface area (Å²) in [5, 5.41) is 21.9. The summed E-state index contributed by atoms with van der Waals surface area (Å²) in [6.07, 6.45) is 0.784. The number of nitrogens with zero attached hydrogens (tertiary/aromatic N) is 5. The van der Waals surface area contributed by atoms with Crippen molar-refractivity contribution < 1.29 is 9.72 Å². The molecule has 2 heterocycles. The van der Waals surface area contributed by atoms with Crippen LogP contribution in [0.25, 0.3) is 0 Å². The fourth-order valence-corrected chi connectivity index (χ4v) is 2.63. The third kappa shape index (κ3) is 4.88. The van der Waals surface area contributed by atoms with Gasteiger partial charge in [-0.15, -0.1) is 0 Å². The van der Waals surface area contributed by atoms with E-state index in [-0.39, 0.29) is 17.6 Å². The van der Waals surface area contributed by atoms with Gasteiger partial charge in [0.2, 0.25) is 5.91 Å². The maximum atomic E-state index is 12.2. The average Bonchev–Trinajstić information content (AvgIpc) is 3.06. The van der Waals surface area contributed by atoms with Crippen LogP contribution in [0, 0.1) is 36.8 Å². The third-order valence-corrected chi connectivity index (χ3v) is 4.00. The smallest absolute Gasteiger partial charge is 0.358 e. The van der Waals surface area contributed by atoms with E-state index in [4.69, 9.17) is 0 Å². The Morgan fingerprint density at radius 3 is 2.48 bits per heavy atom. The molecule has 0 aromatic carbocycles. The first-order valence-electron chi connectivity index (χ1n) is 8.25. The summed E-state index contributed by atoms with van der Waals surface area (Å²) in [6.45, 7) is 9.09. The second-order valence-electron chi connectivity index (χ2n) is 6.28. The molecule has 2 aromatic rings. The van der Waals surface area contributed by atoms with Crippen LogP contribution < -0.4 is 5.32 Å². The Labute approximate surface area is 146 Å². The summed E-state index contributed by atoms with van der Waals surface area (Å²) in [6, 6.07) is 3.42. The van der Waals surface area contributed by atoms with Crippen LogP contribution in [-0.2, 0) is 17.9 Å². The van der Waals surface area contributed by atoms with Gasteiger partial charge in [-0.2, -0.15) is 9.78 Å². The van der Waals surface area contributed by atoms with Gasteiger partial charge in [-0.1, -0.05) is 6.92 Å². The number of nitro groups is 1. The molecule has 0 bridgehead atoms. The molecule has 9 heteroatoms. The summed E-state index contributed by atoms with van der Waals surface area (Å²) in [4.78, 5) is 22.4. The van der Waals surface area contributed by atoms with E-state index < -0.39 is 4.92 Å². The Balaban J connectivity index is 1.78. The molecule has 2 aromatic heterocycles. The van der Waals surface area contributed by atoms with Crippen molar-refractivity contribution in [2.75, 3.05) is 6.54 Å². The molecule has 0 fully saturated rings. The maximum Gasteiger partial charge on any atom is 0.390 e. The van der Waals surface area contributed by atoms with Crippen molar-refractivity contribution in [2.24, 2.45) is 5.92 Å². The molecule has 25 heavy (non-hydrogen) atoms. The minimum absolute atomic E-state index is 0.0917. The number of carbonyl (C=O) groups is 1. The van der Waals surface area contributed by atoms with Crippen LogP contribution in [0.3, 0.4) is 0 Å². The van der Waals surface area contributed by atoms with Crippen molar-refractivity contribution in [2.45, 2.75) is 47.2 Å². The number of aromatic nitrogens is 4. The van der Waals surface area contributed by atoms with Crippen molar-refractivity contribution in [3.63, 3.8) is 0 Å². The molecule has 0 spiro atoms. The van der Waals surface area contributed by atoms with Gasteiger partial charge >= 0.3 is 5.82 Å². The molecule has 0 saturated heterocycles. The largest absolute Gasteiger partial charge is 0.390 e. The third-order valence-electron chi connectivity index (χ3n) is 4.00. The van der Waals surface area contributed by atoms with Crippen LogP contribution in [0.5, 0.6) is 0 Å². The second-order valence-corrected chi connectivity index (χ2v) is 6.28. The molecule has 2 rings (SSSR count). The van der Waals surface area contributed by atoms with Crippen LogP contribution in [0.15, 0.2) is 12.1 Å². The molecule has 1 unspecified atom stereocenters. The van der Waals surface area contributed by atoms with E-state index in [1.807, 2.05) is 24.6 Å². The Morgan fingerprint density at radius 1 is 1.24 bits per heavy atom. The van der Waals surface area contributed by atoms with Gasteiger partial charge in [0, 0.05) is 18.8 Å². The quantitative estimate of drug-likeness (QED) is 0.444. The van der Waals surface area contributed by atoms with Crippen LogP contribution >= 0.6 is 0 Å². The van der Waals surface area contributed by atoms with E-state index in [0.29, 0.717) is 18.8 Å². The van der Waals surface area contributed by atoms with E-state index >= 15 is 0 Å². The SMILES string of the molecule is Cc1cc(C)n(CCCNC(=O)C(C)Cn2nc([N+](=O)[O-])cc2C)n1. The molecule has 1 N–H and O–H groups in total. The highest BCUT2D eigenvalue weighted by atomic mass is 16.6. The molecule has 0 saturated carbocycles. The molecule has 0 radical (unpaired) electrons. The predicted octanol–water partition coefficient (Wildman–Crippen LogP) is 1.76. The Hall–Kier alpha value is -2.71. The van der Waals surface area contributed by atoms with Crippen molar-refractivity contribution in [3.05, 3.63) is 39.3 Å². The van der Waals surface area contributed by atoms with E-state index in [2.05, 4.69) is 15.5 Å². The summed E-state index contributed by atoms with van der Waals surface area (Å²) < 4.78 is 3.43. The maximum absolute atomic E-state index is 12.2. The van der Waals surface area contributed by atoms with Gasteiger partial charge in [0.25, 0.3) is 0 Å². The van der Waals surface area contributed by atoms with E-state index in [0.717, 1.165) is 24.4 Å². The average molecular weight is 348 g/mol. The Bertz CT molecular complexity index is 764. The zero-order valence-corrected chi connectivity index (χ0v) is 15.0. The molecule has 0 aliphatic rings. The number of carbonyl (C=O) groups excluding carboxylic acids is 1. The number of amides is 1. The van der Waals surface area contributed by atoms with Crippen LogP contribution in [0.2, 0.25) is 0 Å².